The molecule has 0 unspecified atom stereocenters. The molecule has 0 amide bonds. The van der Waals surface area contributed by atoms with Crippen molar-refractivity contribution >= 4 is 75.4 Å². The summed E-state index contributed by atoms with van der Waals surface area (Å²) in [6, 6.07) is -32.2. The van der Waals surface area contributed by atoms with Crippen LogP contribution in [-0.4, -0.2) is 0 Å². The zero-order chi connectivity index (χ0) is 63.2. The molecule has 0 radical (unpaired) electrons. The van der Waals surface area contributed by atoms with Gasteiger partial charge in [-0.1, -0.05) is 181 Å². The summed E-state index contributed by atoms with van der Waals surface area (Å²) >= 11 is 0. The van der Waals surface area contributed by atoms with Crippen LogP contribution in [0.1, 0.15) is 43.9 Å². The van der Waals surface area contributed by atoms with Crippen LogP contribution < -0.4 is 0 Å². The van der Waals surface area contributed by atoms with Gasteiger partial charge >= 0.3 is 0 Å². The van der Waals surface area contributed by atoms with Crippen molar-refractivity contribution in [2.24, 2.45) is 0 Å². The second-order valence-corrected chi connectivity index (χ2v) is 12.2. The minimum absolute atomic E-state index is 0.424. The first-order valence-electron chi connectivity index (χ1n) is 32.2. The van der Waals surface area contributed by atoms with E-state index in [0.29, 0.717) is 0 Å². The summed E-state index contributed by atoms with van der Waals surface area (Å²) in [7, 11) is 0. The molecule has 0 bridgehead atoms. The first-order valence-corrected chi connectivity index (χ1v) is 16.2. The van der Waals surface area contributed by atoms with Gasteiger partial charge in [-0.05, 0) is 132 Å². The molecular weight excluding hydrogens is 649 g/mol. The molecule has 0 heterocycles. The number of rotatable bonds is 4. The van der Waals surface area contributed by atoms with Gasteiger partial charge < -0.3 is 0 Å². The van der Waals surface area contributed by atoms with E-state index in [0.717, 1.165) is 0 Å². The van der Waals surface area contributed by atoms with E-state index < -0.39 is 313 Å². The molecule has 0 atom stereocenters. The third-order valence-electron chi connectivity index (χ3n) is 9.44. The molecule has 12 aromatic rings. The van der Waals surface area contributed by atoms with Crippen LogP contribution in [0.15, 0.2) is 193 Å². The molecule has 0 saturated carbocycles. The summed E-state index contributed by atoms with van der Waals surface area (Å²) in [5, 5.41) is -8.46. The van der Waals surface area contributed by atoms with Gasteiger partial charge in [0, 0.05) is 0 Å². The fraction of sp³-hybridized carbons (Fsp3) is 0. The maximum absolute atomic E-state index is 10.7. The smallest absolute Gasteiger partial charge is 0.0622 e. The Morgan fingerprint density at radius 2 is 0.667 bits per heavy atom. The lowest BCUT2D eigenvalue weighted by Crippen LogP contribution is -1.96. The fourth-order valence-corrected chi connectivity index (χ4v) is 7.16. The minimum atomic E-state index is -1.27. The van der Waals surface area contributed by atoms with Crippen molar-refractivity contribution in [1.82, 2.24) is 0 Å². The molecular formula is C54H32. The Morgan fingerprint density at radius 1 is 0.241 bits per heavy atom. The third kappa shape index (κ3) is 4.20. The summed E-state index contributed by atoms with van der Waals surface area (Å²) in [6.45, 7) is 0. The van der Waals surface area contributed by atoms with Gasteiger partial charge in [0.25, 0.3) is 0 Å². The molecule has 0 aliphatic rings. The molecule has 248 valence electrons. The lowest BCUT2D eigenvalue weighted by Gasteiger charge is -2.22. The van der Waals surface area contributed by atoms with Crippen LogP contribution in [0.25, 0.3) is 120 Å². The van der Waals surface area contributed by atoms with Gasteiger partial charge in [-0.3, -0.25) is 0 Å². The van der Waals surface area contributed by atoms with Crippen molar-refractivity contribution in [2.45, 2.75) is 0 Å². The molecule has 0 fully saturated rings. The van der Waals surface area contributed by atoms with Gasteiger partial charge in [0.15, 0.2) is 0 Å². The Kier molecular flexibility index (Phi) is 2.55. The zero-order valence-electron chi connectivity index (χ0n) is 59.0. The van der Waals surface area contributed by atoms with Crippen LogP contribution in [0.4, 0.5) is 0 Å². The quantitative estimate of drug-likeness (QED) is 0.159. The highest BCUT2D eigenvalue weighted by Crippen LogP contribution is 2.49. The molecule has 0 aliphatic heterocycles. The van der Waals surface area contributed by atoms with Gasteiger partial charge in [0.1, 0.15) is 0 Å². The van der Waals surface area contributed by atoms with Gasteiger partial charge in [-0.2, -0.15) is 0 Å². The Labute approximate surface area is 357 Å². The van der Waals surface area contributed by atoms with Crippen molar-refractivity contribution in [3.8, 4) is 44.5 Å². The van der Waals surface area contributed by atoms with E-state index >= 15 is 0 Å². The lowest BCUT2D eigenvalue weighted by molar-refractivity contribution is 1.58. The summed E-state index contributed by atoms with van der Waals surface area (Å²) in [6.07, 6.45) is 0. The molecule has 12 aromatic carbocycles. The zero-order valence-corrected chi connectivity index (χ0v) is 27.0. The largest absolute Gasteiger partial charge is 0.0636 e. The topological polar surface area (TPSA) is 0 Å². The van der Waals surface area contributed by atoms with E-state index in [4.69, 9.17) is 20.6 Å². The highest BCUT2D eigenvalue weighted by Gasteiger charge is 2.22. The Balaban J connectivity index is 1.51. The first-order chi connectivity index (χ1) is 40.1. The molecule has 0 aliphatic carbocycles. The molecule has 0 nitrogen and oxygen atoms in total. The van der Waals surface area contributed by atoms with Crippen LogP contribution in [-0.2, 0) is 0 Å². The summed E-state index contributed by atoms with van der Waals surface area (Å²) < 4.78 is 299. The van der Waals surface area contributed by atoms with Crippen molar-refractivity contribution < 1.29 is 43.9 Å². The van der Waals surface area contributed by atoms with E-state index in [1.54, 1.807) is 0 Å². The van der Waals surface area contributed by atoms with E-state index in [-0.39, 0.29) is 0 Å². The molecule has 0 spiro atoms. The van der Waals surface area contributed by atoms with Gasteiger partial charge in [0.2, 0.25) is 0 Å². The summed E-state index contributed by atoms with van der Waals surface area (Å²) in [4.78, 5) is 0. The number of hydrogen-bond acceptors (Lipinski definition) is 0. The van der Waals surface area contributed by atoms with E-state index in [1.165, 1.54) is 0 Å². The predicted molar refractivity (Wildman–Crippen MR) is 233 cm³/mol. The van der Waals surface area contributed by atoms with Crippen molar-refractivity contribution in [1.29, 1.82) is 0 Å². The molecule has 12 rings (SSSR count). The second-order valence-electron chi connectivity index (χ2n) is 12.2. The normalized spacial score (nSPS) is 20.4. The first kappa shape index (κ1) is 12.3. The van der Waals surface area contributed by atoms with E-state index in [9.17, 15) is 23.3 Å². The average molecular weight is 713 g/mol. The van der Waals surface area contributed by atoms with Crippen molar-refractivity contribution in [3.05, 3.63) is 193 Å². The van der Waals surface area contributed by atoms with E-state index in [1.807, 2.05) is 0 Å². The maximum atomic E-state index is 10.7. The van der Waals surface area contributed by atoms with Crippen LogP contribution in [0.3, 0.4) is 0 Å². The summed E-state index contributed by atoms with van der Waals surface area (Å²) in [5.41, 5.74) is -8.18. The van der Waals surface area contributed by atoms with Crippen LogP contribution >= 0.6 is 0 Å². The minimum Gasteiger partial charge on any atom is -0.0622 e. The second kappa shape index (κ2) is 11.2. The Bertz CT molecular complexity index is 5210. The number of fused-ring (bicyclic) bond motifs is 1. The fourth-order valence-electron chi connectivity index (χ4n) is 7.16. The molecule has 54 heavy (non-hydrogen) atoms. The highest BCUT2D eigenvalue weighted by molar-refractivity contribution is 6.27. The average Bonchev–Trinajstić information content (AvgIpc) is 0.716. The number of hydrogen-bond donors (Lipinski definition) is 0. The monoisotopic (exact) mass is 712 g/mol. The SMILES string of the molecule is [2H]c1c([2H])c([2H])c(-c2c(-c3c([2H])c([2H])c([2H])c4c([2H])c([2H])c([2H])c([2H])c34)c([2H])c(-c3c([2H])c([2H])c4c([2H])c([2H])c5c([2H])c([2H])c([2H])c6c([2H])c([2H])c3c4c56)c([2H])c2-c2c([2H])c([2H])c3c([2H])c([2H])c4c([2H])c([2H])c([2H])c5c([2H])c([2H])c2c3c45)c([2H])c1[2H]. The lowest BCUT2D eigenvalue weighted by atomic mass is 9.81. The molecule has 0 aromatic heterocycles. The van der Waals surface area contributed by atoms with Crippen molar-refractivity contribution in [2.75, 3.05) is 0 Å². The molecule has 0 heteroatoms. The van der Waals surface area contributed by atoms with Gasteiger partial charge in [-0.25, -0.2) is 0 Å². The Morgan fingerprint density at radius 3 is 1.30 bits per heavy atom. The van der Waals surface area contributed by atoms with Crippen LogP contribution in [0, 0.1) is 0 Å². The Hall–Kier alpha value is -7.02. The standard InChI is InChI=1S/C54H32/c1-2-10-34(11-3-1)52-48(44-18-8-12-33-9-4-5-17-42(33)44)31-41(43-27-23-39-21-19-35-13-6-15-37-25-29-46(43)53(39)50(35)37)32-49(52)45-28-24-40-22-20-36-14-7-16-38-26-30-47(45)54(40)51(36)38/h1-32H/i1D,2D,3D,4D,5D,6D,7D,8D,9D,10D,11D,12D,13D,14D,15D,16D,17D,18D,19D,20D,21D,22D,23D,24D,25D,26D,27D,28D,29D,30D,31D,32D. The highest BCUT2D eigenvalue weighted by atomic mass is 14.3. The van der Waals surface area contributed by atoms with Gasteiger partial charge in [-0.15, -0.1) is 0 Å². The summed E-state index contributed by atoms with van der Waals surface area (Å²) in [5.74, 6) is 0. The van der Waals surface area contributed by atoms with Crippen molar-refractivity contribution in [3.63, 3.8) is 0 Å². The number of benzene rings is 12. The molecule has 0 N–H and O–H groups in total. The maximum Gasteiger partial charge on any atom is 0.0636 e. The van der Waals surface area contributed by atoms with Gasteiger partial charge in [0.05, 0.1) is 43.9 Å². The van der Waals surface area contributed by atoms with Crippen LogP contribution in [0.2, 0.25) is 0 Å². The third-order valence-corrected chi connectivity index (χ3v) is 9.44. The molecule has 0 saturated heterocycles. The van der Waals surface area contributed by atoms with Crippen LogP contribution in [0.5, 0.6) is 0 Å². The van der Waals surface area contributed by atoms with E-state index in [2.05, 4.69) is 0 Å². The predicted octanol–water partition coefficient (Wildman–Crippen LogP) is 15.3.